The maximum absolute atomic E-state index is 13.1. The van der Waals surface area contributed by atoms with Crippen molar-refractivity contribution < 1.29 is 14.6 Å². The van der Waals surface area contributed by atoms with Crippen molar-refractivity contribution in [1.29, 1.82) is 0 Å². The van der Waals surface area contributed by atoms with Crippen molar-refractivity contribution in [2.24, 2.45) is 5.41 Å². The van der Waals surface area contributed by atoms with Gasteiger partial charge in [0.05, 0.1) is 5.69 Å². The molecule has 1 heterocycles. The van der Waals surface area contributed by atoms with Gasteiger partial charge in [-0.1, -0.05) is 69.3 Å². The third-order valence-electron chi connectivity index (χ3n) is 5.18. The number of carbonyl (C=O) groups is 1. The monoisotopic (exact) mass is 381 g/mol. The van der Waals surface area contributed by atoms with Gasteiger partial charge in [-0.05, 0) is 43.4 Å². The molecule has 0 aliphatic carbocycles. The van der Waals surface area contributed by atoms with Crippen molar-refractivity contribution in [1.82, 2.24) is 0 Å². The number of amides is 1. The number of hydrogen-bond donors (Lipinski definition) is 1. The minimum atomic E-state index is -1.02. The highest BCUT2D eigenvalue weighted by Gasteiger charge is 2.48. The van der Waals surface area contributed by atoms with E-state index in [1.54, 1.807) is 0 Å². The van der Waals surface area contributed by atoms with Gasteiger partial charge in [0.15, 0.2) is 0 Å². The SMILES string of the molecule is CC(C)(C)OC(=O)N1c2ccccc2C(C(C)(C)C)C(c2ccccc2)C1O. The van der Waals surface area contributed by atoms with E-state index in [1.165, 1.54) is 4.90 Å². The molecule has 2 aromatic rings. The molecule has 0 spiro atoms. The lowest BCUT2D eigenvalue weighted by Gasteiger charge is -2.48. The molecule has 3 atom stereocenters. The minimum Gasteiger partial charge on any atom is -0.443 e. The van der Waals surface area contributed by atoms with Crippen molar-refractivity contribution in [2.75, 3.05) is 4.90 Å². The smallest absolute Gasteiger partial charge is 0.416 e. The Kier molecular flexibility index (Phi) is 5.28. The number of para-hydroxylation sites is 1. The van der Waals surface area contributed by atoms with Crippen LogP contribution in [-0.2, 0) is 4.74 Å². The molecule has 1 amide bonds. The van der Waals surface area contributed by atoms with Crippen LogP contribution in [0, 0.1) is 5.41 Å². The van der Waals surface area contributed by atoms with Gasteiger partial charge in [0.1, 0.15) is 11.8 Å². The summed E-state index contributed by atoms with van der Waals surface area (Å²) in [5.41, 5.74) is 2.03. The summed E-state index contributed by atoms with van der Waals surface area (Å²) in [5, 5.41) is 11.5. The topological polar surface area (TPSA) is 49.8 Å². The van der Waals surface area contributed by atoms with Crippen LogP contribution in [0.1, 0.15) is 64.5 Å². The third kappa shape index (κ3) is 3.93. The number of benzene rings is 2. The lowest BCUT2D eigenvalue weighted by molar-refractivity contribution is 0.0357. The Labute approximate surface area is 168 Å². The zero-order valence-corrected chi connectivity index (χ0v) is 17.6. The molecule has 1 N–H and O–H groups in total. The molecule has 0 fully saturated rings. The average Bonchev–Trinajstić information content (AvgIpc) is 2.58. The Hall–Kier alpha value is -2.33. The number of anilines is 1. The van der Waals surface area contributed by atoms with Crippen LogP contribution in [0.15, 0.2) is 54.6 Å². The van der Waals surface area contributed by atoms with Gasteiger partial charge >= 0.3 is 6.09 Å². The Morgan fingerprint density at radius 1 is 0.929 bits per heavy atom. The van der Waals surface area contributed by atoms with Crippen molar-refractivity contribution in [3.8, 4) is 0 Å². The molecule has 3 rings (SSSR count). The molecule has 28 heavy (non-hydrogen) atoms. The number of aliphatic hydroxyl groups excluding tert-OH is 1. The molecule has 0 radical (unpaired) electrons. The van der Waals surface area contributed by atoms with Gasteiger partial charge in [-0.3, -0.25) is 4.90 Å². The molecule has 3 unspecified atom stereocenters. The maximum Gasteiger partial charge on any atom is 0.416 e. The van der Waals surface area contributed by atoms with Crippen LogP contribution in [-0.4, -0.2) is 23.0 Å². The molecule has 2 aromatic carbocycles. The Morgan fingerprint density at radius 2 is 1.50 bits per heavy atom. The van der Waals surface area contributed by atoms with Crippen molar-refractivity contribution in [3.63, 3.8) is 0 Å². The molecule has 0 bridgehead atoms. The quantitative estimate of drug-likeness (QED) is 0.692. The fourth-order valence-electron chi connectivity index (χ4n) is 4.20. The van der Waals surface area contributed by atoms with E-state index in [4.69, 9.17) is 4.74 Å². The second-order valence-electron chi connectivity index (χ2n) is 9.60. The van der Waals surface area contributed by atoms with Crippen molar-refractivity contribution in [3.05, 3.63) is 65.7 Å². The third-order valence-corrected chi connectivity index (χ3v) is 5.18. The first-order valence-corrected chi connectivity index (χ1v) is 9.85. The summed E-state index contributed by atoms with van der Waals surface area (Å²) >= 11 is 0. The molecule has 0 saturated carbocycles. The lowest BCUT2D eigenvalue weighted by atomic mass is 9.64. The number of fused-ring (bicyclic) bond motifs is 1. The summed E-state index contributed by atoms with van der Waals surface area (Å²) in [6, 6.07) is 17.8. The summed E-state index contributed by atoms with van der Waals surface area (Å²) in [6.45, 7) is 12.0. The minimum absolute atomic E-state index is 0.0415. The normalized spacial score (nSPS) is 22.5. The molecular weight excluding hydrogens is 350 g/mol. The zero-order chi connectivity index (χ0) is 20.7. The van der Waals surface area contributed by atoms with Crippen molar-refractivity contribution >= 4 is 11.8 Å². The average molecular weight is 382 g/mol. The second-order valence-corrected chi connectivity index (χ2v) is 9.60. The predicted molar refractivity (Wildman–Crippen MR) is 113 cm³/mol. The summed E-state index contributed by atoms with van der Waals surface area (Å²) in [6.07, 6.45) is -1.54. The molecule has 150 valence electrons. The fourth-order valence-corrected chi connectivity index (χ4v) is 4.20. The Morgan fingerprint density at radius 3 is 2.07 bits per heavy atom. The standard InChI is InChI=1S/C24H31NO3/c1-23(2,3)20-17-14-10-11-15-18(17)25(22(27)28-24(4,5)6)21(26)19(20)16-12-8-7-9-13-16/h7-15,19-21,26H,1-6H3. The summed E-state index contributed by atoms with van der Waals surface area (Å²) in [7, 11) is 0. The summed E-state index contributed by atoms with van der Waals surface area (Å²) < 4.78 is 5.64. The van der Waals surface area contributed by atoms with Crippen LogP contribution in [0.25, 0.3) is 0 Å². The maximum atomic E-state index is 13.1. The first kappa shape index (κ1) is 20.4. The highest BCUT2D eigenvalue weighted by atomic mass is 16.6. The van der Waals surface area contributed by atoms with Crippen molar-refractivity contribution in [2.45, 2.75) is 65.2 Å². The first-order valence-electron chi connectivity index (χ1n) is 9.85. The molecule has 1 aliphatic rings. The van der Waals surface area contributed by atoms with E-state index in [-0.39, 0.29) is 17.3 Å². The van der Waals surface area contributed by atoms with Gasteiger partial charge in [-0.15, -0.1) is 0 Å². The van der Waals surface area contributed by atoms with Crippen LogP contribution in [0.4, 0.5) is 10.5 Å². The Bertz CT molecular complexity index is 833. The first-order chi connectivity index (χ1) is 13.0. The molecule has 0 saturated heterocycles. The number of ether oxygens (including phenoxy) is 1. The number of nitrogens with zero attached hydrogens (tertiary/aromatic N) is 1. The van der Waals surface area contributed by atoms with E-state index in [2.05, 4.69) is 26.8 Å². The number of hydrogen-bond acceptors (Lipinski definition) is 3. The fraction of sp³-hybridized carbons (Fsp3) is 0.458. The lowest BCUT2D eigenvalue weighted by Crippen LogP contribution is -2.52. The molecule has 0 aromatic heterocycles. The molecule has 4 heteroatoms. The van der Waals surface area contributed by atoms with E-state index in [0.717, 1.165) is 16.8 Å². The molecule has 1 aliphatic heterocycles. The van der Waals surface area contributed by atoms with Gasteiger partial charge < -0.3 is 9.84 Å². The van der Waals surface area contributed by atoms with E-state index >= 15 is 0 Å². The van der Waals surface area contributed by atoms with Crippen LogP contribution < -0.4 is 4.90 Å². The number of carbonyl (C=O) groups excluding carboxylic acids is 1. The molecular formula is C24H31NO3. The van der Waals surface area contributed by atoms with Crippen LogP contribution in [0.2, 0.25) is 0 Å². The van der Waals surface area contributed by atoms with Gasteiger partial charge in [0.2, 0.25) is 0 Å². The largest absolute Gasteiger partial charge is 0.443 e. The zero-order valence-electron chi connectivity index (χ0n) is 17.6. The highest BCUT2D eigenvalue weighted by molar-refractivity contribution is 5.90. The van der Waals surface area contributed by atoms with Crippen LogP contribution in [0.5, 0.6) is 0 Å². The highest BCUT2D eigenvalue weighted by Crippen LogP contribution is 2.53. The van der Waals surface area contributed by atoms with Gasteiger partial charge in [-0.25, -0.2) is 4.79 Å². The van der Waals surface area contributed by atoms with Crippen LogP contribution in [0.3, 0.4) is 0 Å². The summed E-state index contributed by atoms with van der Waals surface area (Å²) in [5.74, 6) is -0.219. The van der Waals surface area contributed by atoms with E-state index in [1.807, 2.05) is 69.3 Å². The predicted octanol–water partition coefficient (Wildman–Crippen LogP) is 5.67. The van der Waals surface area contributed by atoms with E-state index in [9.17, 15) is 9.90 Å². The second kappa shape index (κ2) is 7.25. The van der Waals surface area contributed by atoms with E-state index in [0.29, 0.717) is 0 Å². The van der Waals surface area contributed by atoms with Gasteiger partial charge in [-0.2, -0.15) is 0 Å². The molecule has 4 nitrogen and oxygen atoms in total. The van der Waals surface area contributed by atoms with E-state index < -0.39 is 17.9 Å². The van der Waals surface area contributed by atoms with Gasteiger partial charge in [0.25, 0.3) is 0 Å². The number of aliphatic hydroxyl groups is 1. The summed E-state index contributed by atoms with van der Waals surface area (Å²) in [4.78, 5) is 14.5. The Balaban J connectivity index is 2.19. The number of rotatable bonds is 1. The van der Waals surface area contributed by atoms with Crippen LogP contribution >= 0.6 is 0 Å². The van der Waals surface area contributed by atoms with Gasteiger partial charge in [0, 0.05) is 11.8 Å².